The molecule has 0 unspecified atom stereocenters. The molecule has 2 N–H and O–H groups in total. The number of hydrogen-bond donors (Lipinski definition) is 1. The van der Waals surface area contributed by atoms with Gasteiger partial charge in [-0.15, -0.1) is 0 Å². The molecule has 0 aliphatic carbocycles. The molecule has 2 atom stereocenters. The summed E-state index contributed by atoms with van der Waals surface area (Å²) in [5.41, 5.74) is 6.43. The summed E-state index contributed by atoms with van der Waals surface area (Å²) in [4.78, 5) is 14.2. The van der Waals surface area contributed by atoms with Gasteiger partial charge in [-0.1, -0.05) is 0 Å². The maximum Gasteiger partial charge on any atom is 0.253 e. The second-order valence-corrected chi connectivity index (χ2v) is 6.00. The van der Waals surface area contributed by atoms with Crippen molar-refractivity contribution in [2.45, 2.75) is 25.8 Å². The molecule has 0 saturated carbocycles. The third-order valence-corrected chi connectivity index (χ3v) is 4.26. The van der Waals surface area contributed by atoms with Gasteiger partial charge in [0, 0.05) is 24.7 Å². The van der Waals surface area contributed by atoms with Crippen molar-refractivity contribution in [3.05, 3.63) is 34.1 Å². The predicted molar refractivity (Wildman–Crippen MR) is 76.4 cm³/mol. The number of nitrogens with two attached hydrogens (primary N) is 1. The van der Waals surface area contributed by atoms with Gasteiger partial charge in [-0.05, 0) is 59.8 Å². The fourth-order valence-corrected chi connectivity index (χ4v) is 2.81. The molecule has 2 rings (SSSR count). The fourth-order valence-electron chi connectivity index (χ4n) is 2.44. The van der Waals surface area contributed by atoms with Crippen molar-refractivity contribution in [3.63, 3.8) is 0 Å². The molecule has 1 saturated heterocycles. The van der Waals surface area contributed by atoms with Crippen molar-refractivity contribution in [2.24, 2.45) is 11.7 Å². The minimum atomic E-state index is -0.358. The van der Waals surface area contributed by atoms with Gasteiger partial charge in [0.05, 0.1) is 4.47 Å². The van der Waals surface area contributed by atoms with E-state index in [-0.39, 0.29) is 17.8 Å². The van der Waals surface area contributed by atoms with Crippen LogP contribution >= 0.6 is 15.9 Å². The second-order valence-electron chi connectivity index (χ2n) is 5.14. The number of piperidine rings is 1. The standard InChI is InChI=1S/C14H18BrFN2O/c1-9(17)11-3-2-6-18(8-11)14(19)10-4-5-13(16)12(15)7-10/h4-5,7,9,11H,2-3,6,8,17H2,1H3/t9-,11-/m0/s1. The minimum Gasteiger partial charge on any atom is -0.338 e. The van der Waals surface area contributed by atoms with Crippen molar-refractivity contribution < 1.29 is 9.18 Å². The van der Waals surface area contributed by atoms with Gasteiger partial charge in [0.1, 0.15) is 5.82 Å². The molecule has 104 valence electrons. The zero-order chi connectivity index (χ0) is 14.0. The van der Waals surface area contributed by atoms with Gasteiger partial charge in [-0.2, -0.15) is 0 Å². The Morgan fingerprint density at radius 3 is 2.95 bits per heavy atom. The molecule has 1 amide bonds. The van der Waals surface area contributed by atoms with Crippen LogP contribution in [0.25, 0.3) is 0 Å². The molecule has 3 nitrogen and oxygen atoms in total. The summed E-state index contributed by atoms with van der Waals surface area (Å²) in [7, 11) is 0. The molecule has 0 spiro atoms. The van der Waals surface area contributed by atoms with Crippen LogP contribution in [-0.2, 0) is 0 Å². The van der Waals surface area contributed by atoms with E-state index in [2.05, 4.69) is 15.9 Å². The summed E-state index contributed by atoms with van der Waals surface area (Å²) in [6.07, 6.45) is 2.04. The van der Waals surface area contributed by atoms with Crippen molar-refractivity contribution in [2.75, 3.05) is 13.1 Å². The first-order valence-corrected chi connectivity index (χ1v) is 7.28. The van der Waals surface area contributed by atoms with E-state index in [1.165, 1.54) is 18.2 Å². The lowest BCUT2D eigenvalue weighted by molar-refractivity contribution is 0.0661. The van der Waals surface area contributed by atoms with Crippen LogP contribution in [0.15, 0.2) is 22.7 Å². The summed E-state index contributed by atoms with van der Waals surface area (Å²) in [5, 5.41) is 0. The predicted octanol–water partition coefficient (Wildman–Crippen LogP) is 2.79. The van der Waals surface area contributed by atoms with Crippen LogP contribution in [0.4, 0.5) is 4.39 Å². The molecule has 1 aromatic carbocycles. The number of halogens is 2. The first kappa shape index (κ1) is 14.5. The van der Waals surface area contributed by atoms with Crippen LogP contribution in [-0.4, -0.2) is 29.9 Å². The van der Waals surface area contributed by atoms with Gasteiger partial charge in [-0.3, -0.25) is 4.79 Å². The van der Waals surface area contributed by atoms with Gasteiger partial charge < -0.3 is 10.6 Å². The average molecular weight is 329 g/mol. The lowest BCUT2D eigenvalue weighted by Crippen LogP contribution is -2.45. The van der Waals surface area contributed by atoms with Crippen LogP contribution in [0.5, 0.6) is 0 Å². The lowest BCUT2D eigenvalue weighted by atomic mass is 9.92. The SMILES string of the molecule is C[C@H](N)[C@H]1CCCN(C(=O)c2ccc(F)c(Br)c2)C1. The molecule has 1 aliphatic rings. The molecule has 1 heterocycles. The maximum atomic E-state index is 13.2. The summed E-state index contributed by atoms with van der Waals surface area (Å²) in [6, 6.07) is 4.46. The quantitative estimate of drug-likeness (QED) is 0.907. The van der Waals surface area contributed by atoms with E-state index >= 15 is 0 Å². The largest absolute Gasteiger partial charge is 0.338 e. The molecule has 19 heavy (non-hydrogen) atoms. The van der Waals surface area contributed by atoms with Gasteiger partial charge in [0.25, 0.3) is 5.91 Å². The molecule has 0 radical (unpaired) electrons. The molecule has 1 aromatic rings. The van der Waals surface area contributed by atoms with Crippen LogP contribution in [0, 0.1) is 11.7 Å². The Morgan fingerprint density at radius 1 is 1.58 bits per heavy atom. The van der Waals surface area contributed by atoms with Crippen molar-refractivity contribution >= 4 is 21.8 Å². The first-order valence-electron chi connectivity index (χ1n) is 6.49. The third-order valence-electron chi connectivity index (χ3n) is 3.66. The molecule has 0 aromatic heterocycles. The Balaban J connectivity index is 2.12. The Kier molecular flexibility index (Phi) is 4.58. The average Bonchev–Trinajstić information content (AvgIpc) is 2.41. The number of carbonyl (C=O) groups is 1. The summed E-state index contributed by atoms with van der Waals surface area (Å²) in [6.45, 7) is 3.41. The van der Waals surface area contributed by atoms with Crippen LogP contribution in [0.1, 0.15) is 30.1 Å². The van der Waals surface area contributed by atoms with E-state index in [0.717, 1.165) is 19.4 Å². The molecular weight excluding hydrogens is 311 g/mol. The van der Waals surface area contributed by atoms with Gasteiger partial charge in [0.15, 0.2) is 0 Å². The topological polar surface area (TPSA) is 46.3 Å². The van der Waals surface area contributed by atoms with E-state index < -0.39 is 0 Å². The smallest absolute Gasteiger partial charge is 0.253 e. The highest BCUT2D eigenvalue weighted by atomic mass is 79.9. The second kappa shape index (κ2) is 6.01. The normalized spacial score (nSPS) is 21.3. The van der Waals surface area contributed by atoms with E-state index in [1.807, 2.05) is 11.8 Å². The number of nitrogens with zero attached hydrogens (tertiary/aromatic N) is 1. The molecule has 1 aliphatic heterocycles. The van der Waals surface area contributed by atoms with Crippen LogP contribution < -0.4 is 5.73 Å². The Hall–Kier alpha value is -0.940. The molecule has 5 heteroatoms. The maximum absolute atomic E-state index is 13.2. The van der Waals surface area contributed by atoms with Gasteiger partial charge in [0.2, 0.25) is 0 Å². The number of benzene rings is 1. The number of amides is 1. The van der Waals surface area contributed by atoms with Crippen molar-refractivity contribution in [1.29, 1.82) is 0 Å². The zero-order valence-corrected chi connectivity index (χ0v) is 12.5. The summed E-state index contributed by atoms with van der Waals surface area (Å²) < 4.78 is 13.5. The molecular formula is C14H18BrFN2O. The van der Waals surface area contributed by atoms with Crippen molar-refractivity contribution in [3.8, 4) is 0 Å². The number of likely N-dealkylation sites (tertiary alicyclic amines) is 1. The first-order chi connectivity index (χ1) is 8.99. The molecule has 1 fully saturated rings. The lowest BCUT2D eigenvalue weighted by Gasteiger charge is -2.34. The Labute approximate surface area is 121 Å². The van der Waals surface area contributed by atoms with Crippen molar-refractivity contribution in [1.82, 2.24) is 4.90 Å². The highest BCUT2D eigenvalue weighted by Crippen LogP contribution is 2.22. The molecule has 0 bridgehead atoms. The van der Waals surface area contributed by atoms with Gasteiger partial charge in [-0.25, -0.2) is 4.39 Å². The van der Waals surface area contributed by atoms with Crippen LogP contribution in [0.3, 0.4) is 0 Å². The Morgan fingerprint density at radius 2 is 2.32 bits per heavy atom. The van der Waals surface area contributed by atoms with Gasteiger partial charge >= 0.3 is 0 Å². The number of carbonyl (C=O) groups excluding carboxylic acids is 1. The monoisotopic (exact) mass is 328 g/mol. The zero-order valence-electron chi connectivity index (χ0n) is 10.9. The van der Waals surface area contributed by atoms with E-state index in [0.29, 0.717) is 22.5 Å². The fraction of sp³-hybridized carbons (Fsp3) is 0.500. The van der Waals surface area contributed by atoms with E-state index in [1.54, 1.807) is 0 Å². The third kappa shape index (κ3) is 3.34. The van der Waals surface area contributed by atoms with E-state index in [4.69, 9.17) is 5.73 Å². The summed E-state index contributed by atoms with van der Waals surface area (Å²) in [5.74, 6) is -0.0590. The minimum absolute atomic E-state index is 0.0500. The highest BCUT2D eigenvalue weighted by molar-refractivity contribution is 9.10. The highest BCUT2D eigenvalue weighted by Gasteiger charge is 2.26. The van der Waals surface area contributed by atoms with Crippen LogP contribution in [0.2, 0.25) is 0 Å². The number of rotatable bonds is 2. The summed E-state index contributed by atoms with van der Waals surface area (Å²) >= 11 is 3.11. The number of hydrogen-bond acceptors (Lipinski definition) is 2. The van der Waals surface area contributed by atoms with E-state index in [9.17, 15) is 9.18 Å². The Bertz CT molecular complexity index is 479.